The van der Waals surface area contributed by atoms with Crippen molar-refractivity contribution in [1.29, 1.82) is 0 Å². The van der Waals surface area contributed by atoms with Gasteiger partial charge in [0.05, 0.1) is 33.4 Å². The molecule has 11 aromatic carbocycles. The molecule has 60 heavy (non-hydrogen) atoms. The summed E-state index contributed by atoms with van der Waals surface area (Å²) in [6, 6.07) is 76.8. The van der Waals surface area contributed by atoms with Crippen LogP contribution in [-0.4, -0.2) is 9.13 Å². The molecular weight excluding hydrogens is 725 g/mol. The van der Waals surface area contributed by atoms with Crippen molar-refractivity contribution in [2.45, 2.75) is 0 Å². The molecule has 14 rings (SSSR count). The van der Waals surface area contributed by atoms with Crippen molar-refractivity contribution >= 4 is 86.7 Å². The number of fused-ring (bicyclic) bond motifs is 14. The van der Waals surface area contributed by atoms with Crippen molar-refractivity contribution in [2.75, 3.05) is 0 Å². The molecule has 0 fully saturated rings. The lowest BCUT2D eigenvalue weighted by Crippen LogP contribution is -1.96. The van der Waals surface area contributed by atoms with E-state index in [2.05, 4.69) is 215 Å². The Bertz CT molecular complexity index is 3960. The second-order valence-electron chi connectivity index (χ2n) is 16.4. The van der Waals surface area contributed by atoms with Gasteiger partial charge in [0.25, 0.3) is 0 Å². The van der Waals surface area contributed by atoms with Crippen LogP contribution in [0.4, 0.5) is 0 Å². The van der Waals surface area contributed by atoms with E-state index in [1.54, 1.807) is 0 Å². The van der Waals surface area contributed by atoms with Crippen LogP contribution in [0.15, 0.2) is 206 Å². The van der Waals surface area contributed by atoms with Gasteiger partial charge in [0, 0.05) is 32.3 Å². The fourth-order valence-electron chi connectivity index (χ4n) is 10.8. The fourth-order valence-corrected chi connectivity index (χ4v) is 10.8. The Morgan fingerprint density at radius 2 is 0.717 bits per heavy atom. The molecule has 0 bridgehead atoms. The van der Waals surface area contributed by atoms with Crippen LogP contribution in [0.2, 0.25) is 0 Å². The third-order valence-electron chi connectivity index (χ3n) is 13.4. The highest BCUT2D eigenvalue weighted by Gasteiger charge is 2.24. The predicted octanol–water partition coefficient (Wildman–Crippen LogP) is 15.8. The highest BCUT2D eigenvalue weighted by Crippen LogP contribution is 2.49. The van der Waals surface area contributed by atoms with Crippen molar-refractivity contribution < 1.29 is 0 Å². The number of rotatable bonds is 3. The summed E-state index contributed by atoms with van der Waals surface area (Å²) in [5.41, 5.74) is 15.0. The van der Waals surface area contributed by atoms with Crippen LogP contribution in [0.3, 0.4) is 0 Å². The van der Waals surface area contributed by atoms with Gasteiger partial charge in [0.2, 0.25) is 0 Å². The number of hydrogen-bond donors (Lipinski definition) is 0. The Labute approximate surface area is 345 Å². The van der Waals surface area contributed by atoms with Crippen LogP contribution < -0.4 is 0 Å². The minimum atomic E-state index is 1.20. The van der Waals surface area contributed by atoms with Gasteiger partial charge in [-0.1, -0.05) is 158 Å². The Morgan fingerprint density at radius 1 is 0.233 bits per heavy atom. The topological polar surface area (TPSA) is 9.86 Å². The molecule has 0 N–H and O–H groups in total. The highest BCUT2D eigenvalue weighted by molar-refractivity contribution is 6.24. The maximum atomic E-state index is 2.49. The zero-order chi connectivity index (χ0) is 39.1. The van der Waals surface area contributed by atoms with E-state index < -0.39 is 0 Å². The SMILES string of the molecule is c1ccc2c(c1)-c1cccc3c(-n4c5ccccc5c5cc(-c6ccc7c(c6)c6ccccc6n7-c6cc7ccccc7c7c6ccc6ccccc67)ccc54)ccc-2c13. The van der Waals surface area contributed by atoms with E-state index in [0.29, 0.717) is 0 Å². The van der Waals surface area contributed by atoms with Gasteiger partial charge < -0.3 is 9.13 Å². The van der Waals surface area contributed by atoms with E-state index in [9.17, 15) is 0 Å². The lowest BCUT2D eigenvalue weighted by molar-refractivity contribution is 1.20. The summed E-state index contributed by atoms with van der Waals surface area (Å²) < 4.78 is 4.97. The number of benzene rings is 11. The van der Waals surface area contributed by atoms with Crippen LogP contribution in [0.1, 0.15) is 0 Å². The fraction of sp³-hybridized carbons (Fsp3) is 0. The average Bonchev–Trinajstić information content (AvgIpc) is 3.95. The largest absolute Gasteiger partial charge is 0.309 e. The minimum absolute atomic E-state index is 1.20. The first-order chi connectivity index (χ1) is 29.8. The molecule has 13 aromatic rings. The average molecular weight is 759 g/mol. The quantitative estimate of drug-likeness (QED) is 0.159. The highest BCUT2D eigenvalue weighted by atomic mass is 15.0. The molecule has 1 aliphatic rings. The molecule has 0 amide bonds. The van der Waals surface area contributed by atoms with E-state index >= 15 is 0 Å². The molecule has 276 valence electrons. The van der Waals surface area contributed by atoms with E-state index in [4.69, 9.17) is 0 Å². The van der Waals surface area contributed by atoms with Crippen LogP contribution in [-0.2, 0) is 0 Å². The number of hydrogen-bond acceptors (Lipinski definition) is 0. The van der Waals surface area contributed by atoms with Crippen molar-refractivity contribution in [3.05, 3.63) is 206 Å². The number of para-hydroxylation sites is 2. The monoisotopic (exact) mass is 758 g/mol. The maximum absolute atomic E-state index is 2.49. The molecule has 1 aliphatic carbocycles. The first-order valence-electron chi connectivity index (χ1n) is 20.8. The van der Waals surface area contributed by atoms with Gasteiger partial charge >= 0.3 is 0 Å². The second kappa shape index (κ2) is 11.8. The van der Waals surface area contributed by atoms with Gasteiger partial charge in [-0.3, -0.25) is 0 Å². The third-order valence-corrected chi connectivity index (χ3v) is 13.4. The van der Waals surface area contributed by atoms with Gasteiger partial charge in [0.15, 0.2) is 0 Å². The van der Waals surface area contributed by atoms with E-state index in [1.165, 1.54) is 131 Å². The summed E-state index contributed by atoms with van der Waals surface area (Å²) >= 11 is 0. The van der Waals surface area contributed by atoms with Crippen molar-refractivity contribution in [1.82, 2.24) is 9.13 Å². The molecule has 2 aromatic heterocycles. The Hall–Kier alpha value is -7.94. The van der Waals surface area contributed by atoms with Crippen LogP contribution >= 0.6 is 0 Å². The van der Waals surface area contributed by atoms with Gasteiger partial charge in [-0.2, -0.15) is 0 Å². The molecule has 0 radical (unpaired) electrons. The zero-order valence-electron chi connectivity index (χ0n) is 32.5. The smallest absolute Gasteiger partial charge is 0.0547 e. The van der Waals surface area contributed by atoms with Gasteiger partial charge in [-0.05, 0) is 114 Å². The molecule has 0 spiro atoms. The van der Waals surface area contributed by atoms with Gasteiger partial charge in [-0.25, -0.2) is 0 Å². The molecular formula is C58H34N2. The summed E-state index contributed by atoms with van der Waals surface area (Å²) in [5.74, 6) is 0. The Kier molecular flexibility index (Phi) is 6.32. The van der Waals surface area contributed by atoms with E-state index in [-0.39, 0.29) is 0 Å². The first kappa shape index (κ1) is 32.1. The predicted molar refractivity (Wildman–Crippen MR) is 255 cm³/mol. The molecule has 0 unspecified atom stereocenters. The molecule has 0 saturated carbocycles. The van der Waals surface area contributed by atoms with E-state index in [1.807, 2.05) is 0 Å². The lowest BCUT2D eigenvalue weighted by Gasteiger charge is -2.16. The molecule has 2 nitrogen and oxygen atoms in total. The zero-order valence-corrected chi connectivity index (χ0v) is 32.5. The maximum Gasteiger partial charge on any atom is 0.0547 e. The van der Waals surface area contributed by atoms with E-state index in [0.717, 1.165) is 0 Å². The molecule has 0 atom stereocenters. The lowest BCUT2D eigenvalue weighted by atomic mass is 9.95. The molecule has 2 heteroatoms. The minimum Gasteiger partial charge on any atom is -0.309 e. The Morgan fingerprint density at radius 3 is 1.40 bits per heavy atom. The van der Waals surface area contributed by atoms with Crippen molar-refractivity contribution in [3.8, 4) is 44.8 Å². The number of aromatic nitrogens is 2. The first-order valence-corrected chi connectivity index (χ1v) is 20.8. The molecule has 0 saturated heterocycles. The normalized spacial score (nSPS) is 12.3. The van der Waals surface area contributed by atoms with Gasteiger partial charge in [0.1, 0.15) is 0 Å². The summed E-state index contributed by atoms with van der Waals surface area (Å²) in [7, 11) is 0. The standard InChI is InChI=1S/C58H34N2/c1-3-14-39-35(12-1)24-27-48-56(34-38-13-2-4-15-40(38)57(39)48)60-52-23-10-8-19-44(52)50-33-37(26-30-55(50)60)36-25-29-54-49(32-36)43-18-7-9-22-51(43)59(54)53-31-28-46-42-17-6-5-16-41(42)45-20-11-21-47(53)58(45)46/h1-34H. The number of nitrogens with zero attached hydrogens (tertiary/aromatic N) is 2. The second-order valence-corrected chi connectivity index (χ2v) is 16.4. The summed E-state index contributed by atoms with van der Waals surface area (Å²) in [5, 5.41) is 15.3. The Balaban J connectivity index is 0.976. The third kappa shape index (κ3) is 4.22. The summed E-state index contributed by atoms with van der Waals surface area (Å²) in [6.45, 7) is 0. The van der Waals surface area contributed by atoms with Crippen molar-refractivity contribution in [2.24, 2.45) is 0 Å². The van der Waals surface area contributed by atoms with Crippen LogP contribution in [0.5, 0.6) is 0 Å². The van der Waals surface area contributed by atoms with Crippen LogP contribution in [0, 0.1) is 0 Å². The molecule has 0 aliphatic heterocycles. The summed E-state index contributed by atoms with van der Waals surface area (Å²) in [4.78, 5) is 0. The van der Waals surface area contributed by atoms with Crippen molar-refractivity contribution in [3.63, 3.8) is 0 Å². The molecule has 2 heterocycles. The van der Waals surface area contributed by atoms with Crippen LogP contribution in [0.25, 0.3) is 131 Å². The van der Waals surface area contributed by atoms with Gasteiger partial charge in [-0.15, -0.1) is 0 Å². The summed E-state index contributed by atoms with van der Waals surface area (Å²) in [6.07, 6.45) is 0.